The lowest BCUT2D eigenvalue weighted by molar-refractivity contribution is 0.0939. The fourth-order valence-electron chi connectivity index (χ4n) is 2.14. The Hall–Kier alpha value is -1.75. The third kappa shape index (κ3) is 4.42. The highest BCUT2D eigenvalue weighted by molar-refractivity contribution is 5.97. The fourth-order valence-corrected chi connectivity index (χ4v) is 2.14. The summed E-state index contributed by atoms with van der Waals surface area (Å²) in [7, 11) is 1.44. The summed E-state index contributed by atoms with van der Waals surface area (Å²) < 4.78 is 4.98. The first-order chi connectivity index (χ1) is 9.63. The second-order valence-corrected chi connectivity index (χ2v) is 4.73. The number of carbonyl (C=O) groups is 1. The molecular formula is C15H23NO4. The smallest absolute Gasteiger partial charge is 0.255 e. The maximum atomic E-state index is 12.1. The number of carbonyl (C=O) groups excluding carboxylic acids is 1. The van der Waals surface area contributed by atoms with Gasteiger partial charge < -0.3 is 20.3 Å². The highest BCUT2D eigenvalue weighted by Gasteiger charge is 2.16. The fraction of sp³-hybridized carbons (Fsp3) is 0.533. The molecule has 1 atom stereocenters. The van der Waals surface area contributed by atoms with Crippen LogP contribution in [0.4, 0.5) is 0 Å². The van der Waals surface area contributed by atoms with Gasteiger partial charge in [-0.15, -0.1) is 0 Å². The van der Waals surface area contributed by atoms with Crippen molar-refractivity contribution in [2.75, 3.05) is 20.3 Å². The molecule has 5 heteroatoms. The van der Waals surface area contributed by atoms with Crippen molar-refractivity contribution in [1.82, 2.24) is 5.32 Å². The Morgan fingerprint density at radius 1 is 1.40 bits per heavy atom. The Bertz CT molecular complexity index is 428. The van der Waals surface area contributed by atoms with E-state index in [2.05, 4.69) is 12.2 Å². The van der Waals surface area contributed by atoms with Gasteiger partial charge in [0.2, 0.25) is 0 Å². The molecule has 1 aromatic carbocycles. The predicted molar refractivity (Wildman–Crippen MR) is 77.1 cm³/mol. The lowest BCUT2D eigenvalue weighted by Crippen LogP contribution is -2.29. The van der Waals surface area contributed by atoms with E-state index in [-0.39, 0.29) is 35.5 Å². The van der Waals surface area contributed by atoms with E-state index in [0.29, 0.717) is 13.0 Å². The SMILES string of the molecule is CCCC(CCO)CNC(=O)c1cccc(OC)c1O. The number of rotatable bonds is 8. The van der Waals surface area contributed by atoms with Crippen molar-refractivity contribution in [3.05, 3.63) is 23.8 Å². The molecule has 0 fully saturated rings. The Morgan fingerprint density at radius 3 is 2.75 bits per heavy atom. The van der Waals surface area contributed by atoms with E-state index in [9.17, 15) is 9.90 Å². The van der Waals surface area contributed by atoms with Crippen LogP contribution < -0.4 is 10.1 Å². The zero-order valence-electron chi connectivity index (χ0n) is 12.1. The molecule has 1 aromatic rings. The largest absolute Gasteiger partial charge is 0.504 e. The Kier molecular flexibility index (Phi) is 6.87. The highest BCUT2D eigenvalue weighted by Crippen LogP contribution is 2.29. The van der Waals surface area contributed by atoms with Gasteiger partial charge in [-0.2, -0.15) is 0 Å². The van der Waals surface area contributed by atoms with E-state index in [0.717, 1.165) is 12.8 Å². The van der Waals surface area contributed by atoms with E-state index in [1.54, 1.807) is 18.2 Å². The summed E-state index contributed by atoms with van der Waals surface area (Å²) >= 11 is 0. The number of amides is 1. The minimum atomic E-state index is -0.333. The summed E-state index contributed by atoms with van der Waals surface area (Å²) in [5.74, 6) is 0.0435. The van der Waals surface area contributed by atoms with Crippen LogP contribution in [0, 0.1) is 5.92 Å². The highest BCUT2D eigenvalue weighted by atomic mass is 16.5. The van der Waals surface area contributed by atoms with E-state index in [4.69, 9.17) is 9.84 Å². The van der Waals surface area contributed by atoms with Gasteiger partial charge in [0.05, 0.1) is 12.7 Å². The molecule has 0 heterocycles. The number of phenolic OH excluding ortho intramolecular Hbond substituents is 1. The van der Waals surface area contributed by atoms with E-state index in [1.165, 1.54) is 7.11 Å². The van der Waals surface area contributed by atoms with Crippen molar-refractivity contribution in [3.8, 4) is 11.5 Å². The van der Waals surface area contributed by atoms with Crippen LogP contribution in [-0.4, -0.2) is 36.4 Å². The first-order valence-corrected chi connectivity index (χ1v) is 6.89. The Morgan fingerprint density at radius 2 is 2.15 bits per heavy atom. The summed E-state index contributed by atoms with van der Waals surface area (Å²) in [6.45, 7) is 2.68. The van der Waals surface area contributed by atoms with Crippen molar-refractivity contribution in [3.63, 3.8) is 0 Å². The van der Waals surface area contributed by atoms with Gasteiger partial charge >= 0.3 is 0 Å². The molecule has 5 nitrogen and oxygen atoms in total. The number of ether oxygens (including phenoxy) is 1. The summed E-state index contributed by atoms with van der Waals surface area (Å²) in [6.07, 6.45) is 2.62. The molecule has 0 aliphatic carbocycles. The molecule has 0 aliphatic rings. The summed E-state index contributed by atoms with van der Waals surface area (Å²) in [5, 5.41) is 21.7. The monoisotopic (exact) mass is 281 g/mol. The normalized spacial score (nSPS) is 11.9. The first kappa shape index (κ1) is 16.3. The summed E-state index contributed by atoms with van der Waals surface area (Å²) in [4.78, 5) is 12.1. The average Bonchev–Trinajstić information content (AvgIpc) is 2.45. The van der Waals surface area contributed by atoms with Gasteiger partial charge in [0.25, 0.3) is 5.91 Å². The number of hydrogen-bond donors (Lipinski definition) is 3. The quantitative estimate of drug-likeness (QED) is 0.680. The lowest BCUT2D eigenvalue weighted by atomic mass is 10.00. The Balaban J connectivity index is 2.66. The number of aliphatic hydroxyl groups is 1. The van der Waals surface area contributed by atoms with Crippen molar-refractivity contribution in [1.29, 1.82) is 0 Å². The van der Waals surface area contributed by atoms with Crippen molar-refractivity contribution in [2.24, 2.45) is 5.92 Å². The average molecular weight is 281 g/mol. The van der Waals surface area contributed by atoms with Crippen molar-refractivity contribution >= 4 is 5.91 Å². The molecule has 0 aliphatic heterocycles. The van der Waals surface area contributed by atoms with Crippen LogP contribution in [0.5, 0.6) is 11.5 Å². The van der Waals surface area contributed by atoms with E-state index >= 15 is 0 Å². The number of phenols is 1. The maximum Gasteiger partial charge on any atom is 0.255 e. The number of aliphatic hydroxyl groups excluding tert-OH is 1. The number of para-hydroxylation sites is 1. The molecule has 0 spiro atoms. The zero-order valence-corrected chi connectivity index (χ0v) is 12.1. The molecule has 0 radical (unpaired) electrons. The summed E-state index contributed by atoms with van der Waals surface area (Å²) in [6, 6.07) is 4.80. The molecule has 1 amide bonds. The lowest BCUT2D eigenvalue weighted by Gasteiger charge is -2.16. The van der Waals surface area contributed by atoms with E-state index < -0.39 is 0 Å². The van der Waals surface area contributed by atoms with Crippen LogP contribution in [0.15, 0.2) is 18.2 Å². The number of aromatic hydroxyl groups is 1. The van der Waals surface area contributed by atoms with Gasteiger partial charge in [-0.05, 0) is 30.9 Å². The van der Waals surface area contributed by atoms with E-state index in [1.807, 2.05) is 0 Å². The molecule has 1 rings (SSSR count). The number of methoxy groups -OCH3 is 1. The Labute approximate surface area is 119 Å². The molecule has 0 saturated carbocycles. The minimum absolute atomic E-state index is 0.116. The standard InChI is InChI=1S/C15H23NO4/c1-3-5-11(8-9-17)10-16-15(19)12-6-4-7-13(20-2)14(12)18/h4,6-7,11,17-18H,3,5,8-10H2,1-2H3,(H,16,19). The van der Waals surface area contributed by atoms with Crippen LogP contribution in [0.25, 0.3) is 0 Å². The molecule has 0 bridgehead atoms. The van der Waals surface area contributed by atoms with Crippen LogP contribution in [0.1, 0.15) is 36.5 Å². The molecule has 3 N–H and O–H groups in total. The topological polar surface area (TPSA) is 78.8 Å². The molecular weight excluding hydrogens is 258 g/mol. The van der Waals surface area contributed by atoms with Gasteiger partial charge in [-0.1, -0.05) is 19.4 Å². The number of benzene rings is 1. The third-order valence-corrected chi connectivity index (χ3v) is 3.25. The molecule has 0 aromatic heterocycles. The van der Waals surface area contributed by atoms with Crippen molar-refractivity contribution in [2.45, 2.75) is 26.2 Å². The predicted octanol–water partition coefficient (Wildman–Crippen LogP) is 1.93. The van der Waals surface area contributed by atoms with Crippen molar-refractivity contribution < 1.29 is 19.7 Å². The molecule has 1 unspecified atom stereocenters. The number of nitrogens with one attached hydrogen (secondary N) is 1. The molecule has 0 saturated heterocycles. The van der Waals surface area contributed by atoms with Gasteiger partial charge in [-0.25, -0.2) is 0 Å². The van der Waals surface area contributed by atoms with Crippen LogP contribution in [0.3, 0.4) is 0 Å². The summed E-state index contributed by atoms with van der Waals surface area (Å²) in [5.41, 5.74) is 0.198. The zero-order chi connectivity index (χ0) is 15.0. The van der Waals surface area contributed by atoms with Gasteiger partial charge in [-0.3, -0.25) is 4.79 Å². The second kappa shape index (κ2) is 8.43. The van der Waals surface area contributed by atoms with Gasteiger partial charge in [0.15, 0.2) is 11.5 Å². The minimum Gasteiger partial charge on any atom is -0.504 e. The van der Waals surface area contributed by atoms with Gasteiger partial charge in [0.1, 0.15) is 0 Å². The first-order valence-electron chi connectivity index (χ1n) is 6.89. The van der Waals surface area contributed by atoms with Crippen LogP contribution in [0.2, 0.25) is 0 Å². The molecule has 20 heavy (non-hydrogen) atoms. The third-order valence-electron chi connectivity index (χ3n) is 3.25. The molecule has 112 valence electrons. The second-order valence-electron chi connectivity index (χ2n) is 4.73. The van der Waals surface area contributed by atoms with Crippen LogP contribution in [-0.2, 0) is 0 Å². The maximum absolute atomic E-state index is 12.1. The van der Waals surface area contributed by atoms with Crippen LogP contribution >= 0.6 is 0 Å². The van der Waals surface area contributed by atoms with Gasteiger partial charge in [0, 0.05) is 13.2 Å². The number of hydrogen-bond acceptors (Lipinski definition) is 4.